The molecule has 1 heterocycles. The normalized spacial score (nSPS) is 11.6. The van der Waals surface area contributed by atoms with Crippen molar-refractivity contribution in [3.05, 3.63) is 59.1 Å². The van der Waals surface area contributed by atoms with E-state index in [4.69, 9.17) is 16.3 Å². The summed E-state index contributed by atoms with van der Waals surface area (Å²) in [5, 5.41) is 10.6. The molecule has 164 valence electrons. The Hall–Kier alpha value is -2.44. The number of hydrogen-bond donors (Lipinski definition) is 0. The number of anilines is 1. The van der Waals surface area contributed by atoms with Crippen molar-refractivity contribution in [2.24, 2.45) is 5.92 Å². The van der Waals surface area contributed by atoms with Crippen LogP contribution in [0.1, 0.15) is 40.2 Å². The van der Waals surface area contributed by atoms with Crippen LogP contribution >= 0.6 is 22.9 Å². The third kappa shape index (κ3) is 6.28. The Balaban J connectivity index is 1.75. The molecule has 31 heavy (non-hydrogen) atoms. The van der Waals surface area contributed by atoms with Crippen LogP contribution in [0.15, 0.2) is 48.5 Å². The highest BCUT2D eigenvalue weighted by molar-refractivity contribution is 7.18. The van der Waals surface area contributed by atoms with Gasteiger partial charge in [-0.2, -0.15) is 0 Å². The van der Waals surface area contributed by atoms with Gasteiger partial charge < -0.3 is 4.74 Å². The van der Waals surface area contributed by atoms with Gasteiger partial charge in [-0.1, -0.05) is 81.8 Å². The van der Waals surface area contributed by atoms with Crippen molar-refractivity contribution in [2.45, 2.75) is 40.0 Å². The molecule has 0 radical (unpaired) electrons. The molecule has 7 heteroatoms. The summed E-state index contributed by atoms with van der Waals surface area (Å²) < 4.78 is 5.65. The summed E-state index contributed by atoms with van der Waals surface area (Å²) in [7, 11) is 0. The smallest absolute Gasteiger partial charge is 0.266 e. The topological polar surface area (TPSA) is 55.3 Å². The predicted molar refractivity (Wildman–Crippen MR) is 128 cm³/mol. The van der Waals surface area contributed by atoms with Crippen LogP contribution in [0.2, 0.25) is 5.02 Å². The second-order valence-corrected chi connectivity index (χ2v) is 10.3. The van der Waals surface area contributed by atoms with Crippen molar-refractivity contribution in [3.8, 4) is 16.3 Å². The molecule has 5 nitrogen and oxygen atoms in total. The molecule has 3 rings (SSSR count). The highest BCUT2D eigenvalue weighted by Crippen LogP contribution is 2.31. The maximum absolute atomic E-state index is 12.9. The monoisotopic (exact) mass is 457 g/mol. The van der Waals surface area contributed by atoms with Gasteiger partial charge in [-0.3, -0.25) is 9.69 Å². The first-order valence-electron chi connectivity index (χ1n) is 10.3. The Kier molecular flexibility index (Phi) is 7.34. The molecule has 0 unspecified atom stereocenters. The first-order valence-corrected chi connectivity index (χ1v) is 11.5. The fraction of sp³-hybridized carbons (Fsp3) is 0.375. The summed E-state index contributed by atoms with van der Waals surface area (Å²) in [6.45, 7) is 11.1. The largest absolute Gasteiger partial charge is 0.484 e. The van der Waals surface area contributed by atoms with E-state index in [9.17, 15) is 4.79 Å². The van der Waals surface area contributed by atoms with Gasteiger partial charge >= 0.3 is 0 Å². The van der Waals surface area contributed by atoms with Crippen LogP contribution in [0.25, 0.3) is 10.6 Å². The van der Waals surface area contributed by atoms with Crippen molar-refractivity contribution >= 4 is 34.0 Å². The number of rotatable bonds is 7. The zero-order chi connectivity index (χ0) is 22.6. The van der Waals surface area contributed by atoms with Crippen LogP contribution in [0.4, 0.5) is 5.13 Å². The molecule has 0 fully saturated rings. The molecule has 0 spiro atoms. The number of carbonyl (C=O) groups is 1. The van der Waals surface area contributed by atoms with E-state index in [0.29, 0.717) is 22.4 Å². The number of aromatic nitrogens is 2. The molecule has 1 amide bonds. The zero-order valence-electron chi connectivity index (χ0n) is 18.6. The van der Waals surface area contributed by atoms with E-state index in [2.05, 4.69) is 69.1 Å². The number of carbonyl (C=O) groups excluding carboxylic acids is 1. The third-order valence-corrected chi connectivity index (χ3v) is 5.92. The van der Waals surface area contributed by atoms with Gasteiger partial charge in [0.05, 0.1) is 0 Å². The summed E-state index contributed by atoms with van der Waals surface area (Å²) in [5.41, 5.74) is 2.35. The SMILES string of the molecule is CC(C)CN(C(=O)COc1ccc(Cl)cc1)c1nnc(-c2ccc(C(C)(C)C)cc2)s1. The van der Waals surface area contributed by atoms with Crippen molar-refractivity contribution in [1.29, 1.82) is 0 Å². The fourth-order valence-corrected chi connectivity index (χ4v) is 3.96. The number of halogens is 1. The molecule has 2 aromatic carbocycles. The van der Waals surface area contributed by atoms with Crippen LogP contribution in [0.5, 0.6) is 5.75 Å². The van der Waals surface area contributed by atoms with Crippen LogP contribution in [0.3, 0.4) is 0 Å². The Morgan fingerprint density at radius 1 is 1.06 bits per heavy atom. The quantitative estimate of drug-likeness (QED) is 0.422. The Labute approximate surface area is 193 Å². The molecule has 0 atom stereocenters. The zero-order valence-corrected chi connectivity index (χ0v) is 20.1. The van der Waals surface area contributed by atoms with E-state index < -0.39 is 0 Å². The lowest BCUT2D eigenvalue weighted by atomic mass is 9.87. The van der Waals surface area contributed by atoms with E-state index in [0.717, 1.165) is 10.6 Å². The van der Waals surface area contributed by atoms with Gasteiger partial charge in [0.2, 0.25) is 5.13 Å². The summed E-state index contributed by atoms with van der Waals surface area (Å²) in [6, 6.07) is 15.3. The van der Waals surface area contributed by atoms with E-state index in [1.807, 2.05) is 0 Å². The highest BCUT2D eigenvalue weighted by Gasteiger charge is 2.22. The first kappa shape index (κ1) is 23.2. The molecule has 0 N–H and O–H groups in total. The minimum absolute atomic E-state index is 0.0798. The summed E-state index contributed by atoms with van der Waals surface area (Å²) in [5.74, 6) is 0.714. The Morgan fingerprint density at radius 3 is 2.29 bits per heavy atom. The van der Waals surface area contributed by atoms with Crippen LogP contribution in [-0.2, 0) is 10.2 Å². The number of ether oxygens (including phenoxy) is 1. The maximum atomic E-state index is 12.9. The van der Waals surface area contributed by atoms with Crippen LogP contribution < -0.4 is 9.64 Å². The van der Waals surface area contributed by atoms with E-state index in [1.54, 1.807) is 29.2 Å². The average Bonchev–Trinajstić information content (AvgIpc) is 3.20. The van der Waals surface area contributed by atoms with E-state index >= 15 is 0 Å². The van der Waals surface area contributed by atoms with Gasteiger partial charge in [-0.25, -0.2) is 0 Å². The molecule has 0 saturated carbocycles. The van der Waals surface area contributed by atoms with Gasteiger partial charge in [0.1, 0.15) is 10.8 Å². The van der Waals surface area contributed by atoms with Crippen molar-refractivity contribution < 1.29 is 9.53 Å². The van der Waals surface area contributed by atoms with Gasteiger partial charge in [0.25, 0.3) is 5.91 Å². The fourth-order valence-electron chi connectivity index (χ4n) is 2.96. The summed E-state index contributed by atoms with van der Waals surface area (Å²) in [6.07, 6.45) is 0. The lowest BCUT2D eigenvalue weighted by Gasteiger charge is -2.21. The number of benzene rings is 2. The van der Waals surface area contributed by atoms with Crippen molar-refractivity contribution in [2.75, 3.05) is 18.1 Å². The van der Waals surface area contributed by atoms with Gasteiger partial charge in [-0.05, 0) is 41.2 Å². The molecule has 0 aliphatic heterocycles. The first-order chi connectivity index (χ1) is 14.6. The number of amides is 1. The average molecular weight is 458 g/mol. The van der Waals surface area contributed by atoms with Crippen LogP contribution in [-0.4, -0.2) is 29.3 Å². The summed E-state index contributed by atoms with van der Waals surface area (Å²) in [4.78, 5) is 14.6. The Bertz CT molecular complexity index is 1010. The molecule has 3 aromatic rings. The number of nitrogens with zero attached hydrogens (tertiary/aromatic N) is 3. The minimum Gasteiger partial charge on any atom is -0.484 e. The van der Waals surface area contributed by atoms with E-state index in [1.165, 1.54) is 16.9 Å². The second kappa shape index (κ2) is 9.79. The molecule has 0 aliphatic carbocycles. The molecular weight excluding hydrogens is 430 g/mol. The third-order valence-electron chi connectivity index (χ3n) is 4.67. The molecule has 0 aliphatic rings. The maximum Gasteiger partial charge on any atom is 0.266 e. The predicted octanol–water partition coefficient (Wildman–Crippen LogP) is 6.22. The summed E-state index contributed by atoms with van der Waals surface area (Å²) >= 11 is 7.31. The molecule has 0 saturated heterocycles. The number of hydrogen-bond acceptors (Lipinski definition) is 5. The minimum atomic E-state index is -0.158. The second-order valence-electron chi connectivity index (χ2n) is 8.86. The lowest BCUT2D eigenvalue weighted by molar-refractivity contribution is -0.120. The lowest BCUT2D eigenvalue weighted by Crippen LogP contribution is -2.37. The molecule has 1 aromatic heterocycles. The van der Waals surface area contributed by atoms with E-state index in [-0.39, 0.29) is 23.8 Å². The van der Waals surface area contributed by atoms with Gasteiger partial charge in [0.15, 0.2) is 6.61 Å². The van der Waals surface area contributed by atoms with Gasteiger partial charge in [-0.15, -0.1) is 10.2 Å². The van der Waals surface area contributed by atoms with Crippen molar-refractivity contribution in [1.82, 2.24) is 10.2 Å². The van der Waals surface area contributed by atoms with Crippen LogP contribution in [0, 0.1) is 5.92 Å². The highest BCUT2D eigenvalue weighted by atomic mass is 35.5. The standard InChI is InChI=1S/C24H28ClN3O2S/c1-16(2)14-28(21(29)15-30-20-12-10-19(25)11-13-20)23-27-26-22(31-23)17-6-8-18(9-7-17)24(3,4)5/h6-13,16H,14-15H2,1-5H3. The Morgan fingerprint density at radius 2 is 1.71 bits per heavy atom. The van der Waals surface area contributed by atoms with Gasteiger partial charge in [0, 0.05) is 17.1 Å². The van der Waals surface area contributed by atoms with Crippen molar-refractivity contribution in [3.63, 3.8) is 0 Å². The molecule has 0 bridgehead atoms. The molecular formula is C24H28ClN3O2S.